The van der Waals surface area contributed by atoms with Gasteiger partial charge in [0.1, 0.15) is 11.7 Å². The predicted octanol–water partition coefficient (Wildman–Crippen LogP) is 3.96. The van der Waals surface area contributed by atoms with Crippen molar-refractivity contribution in [3.63, 3.8) is 0 Å². The summed E-state index contributed by atoms with van der Waals surface area (Å²) in [5, 5.41) is 0. The van der Waals surface area contributed by atoms with E-state index in [9.17, 15) is 4.79 Å². The van der Waals surface area contributed by atoms with Gasteiger partial charge in [0.25, 0.3) is 0 Å². The van der Waals surface area contributed by atoms with Gasteiger partial charge in [-0.05, 0) is 50.5 Å². The number of carbonyl (C=O) groups excluding carboxylic acids is 1. The standard InChI is InChI=1S/C27H33NO8/c1-6-33-26(29)24-23(16-11-21(30-3)25(32-5)22(12-16)31-4)17-13-19-20(35-15-34-19)14-18(17)36-27(24,2)28-9-7-8-10-28/h11-14,23-24H,6-10,15H2,1-5H3/t23-,24-,27-/m1/s1. The molecule has 5 rings (SSSR count). The number of methoxy groups -OCH3 is 3. The molecule has 1 fully saturated rings. The fourth-order valence-corrected chi connectivity index (χ4v) is 5.71. The van der Waals surface area contributed by atoms with E-state index in [4.69, 9.17) is 33.2 Å². The number of nitrogens with zero attached hydrogens (tertiary/aromatic N) is 1. The highest BCUT2D eigenvalue weighted by atomic mass is 16.7. The van der Waals surface area contributed by atoms with Crippen LogP contribution in [0.15, 0.2) is 24.3 Å². The Balaban J connectivity index is 1.77. The van der Waals surface area contributed by atoms with Crippen LogP contribution in [-0.4, -0.2) is 64.4 Å². The first-order chi connectivity index (χ1) is 17.4. The molecule has 2 aromatic rings. The monoisotopic (exact) mass is 499 g/mol. The van der Waals surface area contributed by atoms with E-state index in [0.29, 0.717) is 34.5 Å². The van der Waals surface area contributed by atoms with Gasteiger partial charge in [0.15, 0.2) is 28.7 Å². The number of rotatable bonds is 7. The Labute approximate surface area is 211 Å². The van der Waals surface area contributed by atoms with Crippen LogP contribution in [-0.2, 0) is 9.53 Å². The Bertz CT molecular complexity index is 1120. The molecule has 0 saturated carbocycles. The molecule has 0 N–H and O–H groups in total. The second-order valence-electron chi connectivity index (χ2n) is 9.26. The van der Waals surface area contributed by atoms with E-state index in [2.05, 4.69) is 4.90 Å². The van der Waals surface area contributed by atoms with E-state index in [1.54, 1.807) is 21.3 Å². The second-order valence-corrected chi connectivity index (χ2v) is 9.26. The smallest absolute Gasteiger partial charge is 0.315 e. The first kappa shape index (κ1) is 24.4. The Hall–Kier alpha value is -3.33. The van der Waals surface area contributed by atoms with Crippen LogP contribution in [0.2, 0.25) is 0 Å². The van der Waals surface area contributed by atoms with Crippen LogP contribution >= 0.6 is 0 Å². The highest BCUT2D eigenvalue weighted by Gasteiger charge is 2.56. The van der Waals surface area contributed by atoms with Crippen molar-refractivity contribution in [2.75, 3.05) is 47.8 Å². The Morgan fingerprint density at radius 3 is 2.19 bits per heavy atom. The molecule has 1 saturated heterocycles. The molecule has 3 aliphatic rings. The fraction of sp³-hybridized carbons (Fsp3) is 0.519. The van der Waals surface area contributed by atoms with Crippen LogP contribution in [0.1, 0.15) is 43.7 Å². The Morgan fingerprint density at radius 1 is 0.972 bits per heavy atom. The van der Waals surface area contributed by atoms with Gasteiger partial charge in [-0.25, -0.2) is 0 Å². The number of likely N-dealkylation sites (tertiary alicyclic amines) is 1. The fourth-order valence-electron chi connectivity index (χ4n) is 5.71. The van der Waals surface area contributed by atoms with E-state index in [-0.39, 0.29) is 19.4 Å². The molecule has 0 unspecified atom stereocenters. The molecule has 0 spiro atoms. The van der Waals surface area contributed by atoms with Crippen molar-refractivity contribution >= 4 is 5.97 Å². The molecule has 0 radical (unpaired) electrons. The molecule has 9 nitrogen and oxygen atoms in total. The summed E-state index contributed by atoms with van der Waals surface area (Å²) in [6.07, 6.45) is 2.08. The lowest BCUT2D eigenvalue weighted by Gasteiger charge is -2.49. The van der Waals surface area contributed by atoms with Gasteiger partial charge in [-0.15, -0.1) is 0 Å². The lowest BCUT2D eigenvalue weighted by molar-refractivity contribution is -0.174. The maximum Gasteiger partial charge on any atom is 0.315 e. The molecule has 9 heteroatoms. The van der Waals surface area contributed by atoms with Crippen LogP contribution < -0.4 is 28.4 Å². The van der Waals surface area contributed by atoms with Gasteiger partial charge in [-0.3, -0.25) is 9.69 Å². The zero-order valence-electron chi connectivity index (χ0n) is 21.4. The molecule has 0 amide bonds. The topological polar surface area (TPSA) is 84.9 Å². The van der Waals surface area contributed by atoms with Gasteiger partial charge < -0.3 is 33.2 Å². The van der Waals surface area contributed by atoms with Crippen molar-refractivity contribution in [3.05, 3.63) is 35.4 Å². The number of esters is 1. The summed E-state index contributed by atoms with van der Waals surface area (Å²) >= 11 is 0. The van der Waals surface area contributed by atoms with Gasteiger partial charge in [0.05, 0.1) is 27.9 Å². The molecule has 0 aromatic heterocycles. The van der Waals surface area contributed by atoms with Gasteiger partial charge in [-0.1, -0.05) is 0 Å². The average molecular weight is 500 g/mol. The van der Waals surface area contributed by atoms with Crippen LogP contribution in [0, 0.1) is 5.92 Å². The second kappa shape index (κ2) is 9.61. The number of hydrogen-bond donors (Lipinski definition) is 0. The summed E-state index contributed by atoms with van der Waals surface area (Å²) in [6, 6.07) is 7.55. The molecule has 3 aliphatic heterocycles. The number of ether oxygens (including phenoxy) is 7. The first-order valence-electron chi connectivity index (χ1n) is 12.3. The van der Waals surface area contributed by atoms with Crippen molar-refractivity contribution in [2.45, 2.75) is 38.3 Å². The zero-order chi connectivity index (χ0) is 25.4. The first-order valence-corrected chi connectivity index (χ1v) is 12.3. The summed E-state index contributed by atoms with van der Waals surface area (Å²) in [4.78, 5) is 16.0. The summed E-state index contributed by atoms with van der Waals surface area (Å²) in [6.45, 7) is 5.86. The Morgan fingerprint density at radius 2 is 1.61 bits per heavy atom. The summed E-state index contributed by atoms with van der Waals surface area (Å²) in [5.74, 6) is 1.93. The van der Waals surface area contributed by atoms with E-state index in [0.717, 1.165) is 37.1 Å². The zero-order valence-corrected chi connectivity index (χ0v) is 21.4. The van der Waals surface area contributed by atoms with E-state index in [1.807, 2.05) is 38.1 Å². The number of carbonyl (C=O) groups is 1. The third-order valence-electron chi connectivity index (χ3n) is 7.39. The molecule has 0 aliphatic carbocycles. The molecule has 3 atom stereocenters. The number of fused-ring (bicyclic) bond motifs is 2. The number of hydrogen-bond acceptors (Lipinski definition) is 9. The van der Waals surface area contributed by atoms with E-state index in [1.165, 1.54) is 0 Å². The third kappa shape index (κ3) is 3.86. The average Bonchev–Trinajstić information content (AvgIpc) is 3.58. The van der Waals surface area contributed by atoms with Crippen molar-refractivity contribution in [1.29, 1.82) is 0 Å². The minimum Gasteiger partial charge on any atom is -0.493 e. The largest absolute Gasteiger partial charge is 0.493 e. The summed E-state index contributed by atoms with van der Waals surface area (Å²) < 4.78 is 40.6. The molecular formula is C27H33NO8. The van der Waals surface area contributed by atoms with Gasteiger partial charge in [0, 0.05) is 30.6 Å². The highest BCUT2D eigenvalue weighted by molar-refractivity contribution is 5.78. The van der Waals surface area contributed by atoms with Crippen LogP contribution in [0.25, 0.3) is 0 Å². The van der Waals surface area contributed by atoms with Crippen LogP contribution in [0.4, 0.5) is 0 Å². The molecule has 3 heterocycles. The normalized spacial score (nSPS) is 24.6. The molecule has 36 heavy (non-hydrogen) atoms. The highest BCUT2D eigenvalue weighted by Crippen LogP contribution is 2.55. The molecule has 0 bridgehead atoms. The maximum atomic E-state index is 13.8. The van der Waals surface area contributed by atoms with E-state index < -0.39 is 17.6 Å². The van der Waals surface area contributed by atoms with Crippen molar-refractivity contribution in [1.82, 2.24) is 4.90 Å². The molecule has 2 aromatic carbocycles. The van der Waals surface area contributed by atoms with E-state index >= 15 is 0 Å². The van der Waals surface area contributed by atoms with Crippen LogP contribution in [0.5, 0.6) is 34.5 Å². The minimum atomic E-state index is -0.950. The summed E-state index contributed by atoms with van der Waals surface area (Å²) in [5.41, 5.74) is 0.675. The summed E-state index contributed by atoms with van der Waals surface area (Å²) in [7, 11) is 4.72. The Kier molecular flexibility index (Phi) is 6.51. The van der Waals surface area contributed by atoms with Gasteiger partial charge in [0.2, 0.25) is 12.5 Å². The minimum absolute atomic E-state index is 0.137. The van der Waals surface area contributed by atoms with Crippen molar-refractivity contribution < 1.29 is 38.0 Å². The van der Waals surface area contributed by atoms with Crippen LogP contribution in [0.3, 0.4) is 0 Å². The van der Waals surface area contributed by atoms with Gasteiger partial charge >= 0.3 is 5.97 Å². The molecule has 194 valence electrons. The molecular weight excluding hydrogens is 466 g/mol. The van der Waals surface area contributed by atoms with Crippen molar-refractivity contribution in [3.8, 4) is 34.5 Å². The predicted molar refractivity (Wildman–Crippen MR) is 130 cm³/mol. The maximum absolute atomic E-state index is 13.8. The quantitative estimate of drug-likeness (QED) is 0.526. The lowest BCUT2D eigenvalue weighted by Crippen LogP contribution is -2.61. The number of benzene rings is 2. The van der Waals surface area contributed by atoms with Gasteiger partial charge in [-0.2, -0.15) is 0 Å². The SMILES string of the molecule is CCOC(=O)[C@H]1[C@H](c2cc(OC)c(OC)c(OC)c2)c2cc3c(cc2O[C@@]1(C)N1CCCC1)OCO3. The van der Waals surface area contributed by atoms with Crippen molar-refractivity contribution in [2.24, 2.45) is 5.92 Å². The lowest BCUT2D eigenvalue weighted by atomic mass is 9.72. The third-order valence-corrected chi connectivity index (χ3v) is 7.39.